The molecule has 2 N–H and O–H groups in total. The number of imide groups is 1. The minimum absolute atomic E-state index is 0.0815. The molecule has 25 heavy (non-hydrogen) atoms. The summed E-state index contributed by atoms with van der Waals surface area (Å²) in [7, 11) is 0. The predicted molar refractivity (Wildman–Crippen MR) is 103 cm³/mol. The molecule has 3 rings (SSSR count). The van der Waals surface area contributed by atoms with E-state index in [1.54, 1.807) is 6.07 Å². The van der Waals surface area contributed by atoms with E-state index in [4.69, 9.17) is 10.2 Å². The zero-order chi connectivity index (χ0) is 17.8. The van der Waals surface area contributed by atoms with Gasteiger partial charge in [-0.05, 0) is 11.5 Å². The van der Waals surface area contributed by atoms with Crippen molar-refractivity contribution in [3.63, 3.8) is 0 Å². The molecule has 5 nitrogen and oxygen atoms in total. The molecule has 0 unspecified atom stereocenters. The quantitative estimate of drug-likeness (QED) is 0.724. The minimum atomic E-state index is -0.375. The highest BCUT2D eigenvalue weighted by Gasteiger charge is 2.40. The first-order chi connectivity index (χ1) is 12.2. The van der Waals surface area contributed by atoms with E-state index in [2.05, 4.69) is 0 Å². The van der Waals surface area contributed by atoms with E-state index in [1.165, 1.54) is 28.4 Å². The van der Waals surface area contributed by atoms with Gasteiger partial charge >= 0.3 is 0 Å². The average molecular weight is 375 g/mol. The lowest BCUT2D eigenvalue weighted by atomic mass is 10.1. The first kappa shape index (κ1) is 18.0. The highest BCUT2D eigenvalue weighted by molar-refractivity contribution is 8.08. The Hall–Kier alpha value is -1.80. The maximum atomic E-state index is 12.9. The molecule has 0 spiro atoms. The van der Waals surface area contributed by atoms with Crippen LogP contribution in [0.4, 0.5) is 5.69 Å². The maximum Gasteiger partial charge on any atom is 0.273 e. The third-order valence-electron chi connectivity index (χ3n) is 3.68. The Labute approximate surface area is 153 Å². The highest BCUT2D eigenvalue weighted by atomic mass is 32.2. The second-order valence-corrected chi connectivity index (χ2v) is 7.46. The second kappa shape index (κ2) is 8.05. The summed E-state index contributed by atoms with van der Waals surface area (Å²) in [5, 5.41) is 19.9. The Morgan fingerprint density at radius 1 is 0.800 bits per heavy atom. The van der Waals surface area contributed by atoms with Crippen molar-refractivity contribution in [2.45, 2.75) is 0 Å². The molecule has 0 radical (unpaired) electrons. The summed E-state index contributed by atoms with van der Waals surface area (Å²) in [6, 6.07) is 13.1. The molecule has 0 saturated carbocycles. The highest BCUT2D eigenvalue weighted by Crippen LogP contribution is 2.40. The number of rotatable bonds is 7. The van der Waals surface area contributed by atoms with Crippen LogP contribution in [0.2, 0.25) is 0 Å². The molecule has 1 aliphatic rings. The summed E-state index contributed by atoms with van der Waals surface area (Å²) in [6.07, 6.45) is 0. The van der Waals surface area contributed by atoms with Gasteiger partial charge in [0.1, 0.15) is 0 Å². The lowest BCUT2D eigenvalue weighted by molar-refractivity contribution is -0.120. The van der Waals surface area contributed by atoms with Crippen molar-refractivity contribution in [1.82, 2.24) is 0 Å². The van der Waals surface area contributed by atoms with Crippen molar-refractivity contribution >= 4 is 51.8 Å². The predicted octanol–water partition coefficient (Wildman–Crippen LogP) is 2.38. The Morgan fingerprint density at radius 3 is 1.96 bits per heavy atom. The van der Waals surface area contributed by atoms with Crippen molar-refractivity contribution in [3.05, 3.63) is 52.3 Å². The number of anilines is 1. The number of carbonyl (C=O) groups excluding carboxylic acids is 2. The van der Waals surface area contributed by atoms with Crippen molar-refractivity contribution in [1.29, 1.82) is 0 Å². The van der Waals surface area contributed by atoms with Crippen LogP contribution < -0.4 is 4.90 Å². The SMILES string of the molecule is O=C1C(SCCO)=C(SCCO)C(=O)N1c1cccc2ccccc12. The van der Waals surface area contributed by atoms with Gasteiger partial charge in [-0.1, -0.05) is 36.4 Å². The standard InChI is InChI=1S/C18H17NO4S2/c20-8-10-24-15-16(25-11-9-21)18(23)19(17(15)22)14-7-3-5-12-4-1-2-6-13(12)14/h1-7,20-21H,8-11H2. The fourth-order valence-corrected chi connectivity index (χ4v) is 4.47. The number of hydrogen-bond donors (Lipinski definition) is 2. The lowest BCUT2D eigenvalue weighted by Crippen LogP contribution is -2.31. The van der Waals surface area contributed by atoms with Crippen molar-refractivity contribution < 1.29 is 19.8 Å². The van der Waals surface area contributed by atoms with E-state index in [9.17, 15) is 9.59 Å². The Balaban J connectivity index is 2.03. The molecule has 7 heteroatoms. The van der Waals surface area contributed by atoms with Crippen LogP contribution in [0.3, 0.4) is 0 Å². The number of nitrogens with zero attached hydrogens (tertiary/aromatic N) is 1. The second-order valence-electron chi connectivity index (χ2n) is 5.25. The molecule has 0 atom stereocenters. The molecule has 1 aliphatic heterocycles. The third-order valence-corrected chi connectivity index (χ3v) is 5.92. The minimum Gasteiger partial charge on any atom is -0.396 e. The molecule has 0 aromatic heterocycles. The lowest BCUT2D eigenvalue weighted by Gasteiger charge is -2.17. The fraction of sp³-hybridized carbons (Fsp3) is 0.222. The third kappa shape index (κ3) is 3.46. The number of amides is 2. The summed E-state index contributed by atoms with van der Waals surface area (Å²) in [5.74, 6) is -0.0811. The smallest absolute Gasteiger partial charge is 0.273 e. The molecule has 2 amide bonds. The van der Waals surface area contributed by atoms with Crippen LogP contribution in [0, 0.1) is 0 Å². The van der Waals surface area contributed by atoms with Crippen LogP contribution in [0.1, 0.15) is 0 Å². The molecule has 0 fully saturated rings. The Morgan fingerprint density at radius 2 is 1.36 bits per heavy atom. The van der Waals surface area contributed by atoms with Crippen molar-refractivity contribution in [3.8, 4) is 0 Å². The summed E-state index contributed by atoms with van der Waals surface area (Å²) >= 11 is 2.35. The Bertz CT molecular complexity index is 815. The molecule has 0 bridgehead atoms. The average Bonchev–Trinajstić information content (AvgIpc) is 2.87. The summed E-state index contributed by atoms with van der Waals surface area (Å²) < 4.78 is 0. The van der Waals surface area contributed by atoms with Gasteiger partial charge in [-0.2, -0.15) is 0 Å². The van der Waals surface area contributed by atoms with Crippen molar-refractivity contribution in [2.75, 3.05) is 29.6 Å². The van der Waals surface area contributed by atoms with E-state index >= 15 is 0 Å². The van der Waals surface area contributed by atoms with Crippen LogP contribution in [0.5, 0.6) is 0 Å². The van der Waals surface area contributed by atoms with Gasteiger partial charge in [0.15, 0.2) is 0 Å². The summed E-state index contributed by atoms with van der Waals surface area (Å²) in [4.78, 5) is 27.7. The van der Waals surface area contributed by atoms with E-state index in [1.807, 2.05) is 36.4 Å². The normalized spacial score (nSPS) is 14.9. The molecule has 0 aliphatic carbocycles. The van der Waals surface area contributed by atoms with Crippen molar-refractivity contribution in [2.24, 2.45) is 0 Å². The van der Waals surface area contributed by atoms with Gasteiger partial charge in [-0.3, -0.25) is 9.59 Å². The van der Waals surface area contributed by atoms with E-state index in [0.29, 0.717) is 27.0 Å². The van der Waals surface area contributed by atoms with E-state index in [-0.39, 0.29) is 25.0 Å². The van der Waals surface area contributed by atoms with Gasteiger partial charge in [0.2, 0.25) is 0 Å². The monoisotopic (exact) mass is 375 g/mol. The summed E-state index contributed by atoms with van der Waals surface area (Å²) in [6.45, 7) is -0.163. The van der Waals surface area contributed by atoms with E-state index in [0.717, 1.165) is 10.8 Å². The number of aliphatic hydroxyl groups excluding tert-OH is 2. The molecular weight excluding hydrogens is 358 g/mol. The molecule has 130 valence electrons. The van der Waals surface area contributed by atoms with Gasteiger partial charge in [0, 0.05) is 16.9 Å². The van der Waals surface area contributed by atoms with Crippen LogP contribution >= 0.6 is 23.5 Å². The number of fused-ring (bicyclic) bond motifs is 1. The number of benzene rings is 2. The Kier molecular flexibility index (Phi) is 5.80. The first-order valence-corrected chi connectivity index (χ1v) is 9.74. The van der Waals surface area contributed by atoms with E-state index < -0.39 is 0 Å². The number of carbonyl (C=O) groups is 2. The zero-order valence-electron chi connectivity index (χ0n) is 13.3. The maximum absolute atomic E-state index is 12.9. The summed E-state index contributed by atoms with van der Waals surface area (Å²) in [5.41, 5.74) is 0.551. The van der Waals surface area contributed by atoms with Gasteiger partial charge in [0.05, 0.1) is 28.7 Å². The number of aliphatic hydroxyl groups is 2. The molecular formula is C18H17NO4S2. The van der Waals surface area contributed by atoms with Crippen LogP contribution in [0.15, 0.2) is 52.3 Å². The van der Waals surface area contributed by atoms with Crippen LogP contribution in [0.25, 0.3) is 10.8 Å². The number of thioether (sulfide) groups is 2. The van der Waals surface area contributed by atoms with Crippen LogP contribution in [-0.4, -0.2) is 46.7 Å². The molecule has 2 aromatic rings. The van der Waals surface area contributed by atoms with Crippen LogP contribution in [-0.2, 0) is 9.59 Å². The van der Waals surface area contributed by atoms with Gasteiger partial charge in [-0.15, -0.1) is 23.5 Å². The topological polar surface area (TPSA) is 77.8 Å². The fourth-order valence-electron chi connectivity index (χ4n) is 2.66. The van der Waals surface area contributed by atoms with Gasteiger partial charge in [0.25, 0.3) is 11.8 Å². The number of hydrogen-bond acceptors (Lipinski definition) is 6. The molecule has 2 aromatic carbocycles. The zero-order valence-corrected chi connectivity index (χ0v) is 15.0. The largest absolute Gasteiger partial charge is 0.396 e. The molecule has 0 saturated heterocycles. The molecule has 1 heterocycles. The van der Waals surface area contributed by atoms with Gasteiger partial charge in [-0.25, -0.2) is 4.90 Å². The first-order valence-electron chi connectivity index (χ1n) is 7.77. The van der Waals surface area contributed by atoms with Gasteiger partial charge < -0.3 is 10.2 Å².